The molecule has 0 saturated carbocycles. The standard InChI is InChI=1S/C11H13BrClNO3/c12-9-3-1-2-8(10(9)13)11(16)14-4-6-17-7-5-15/h1-3,15H,4-7H2,(H,14,16). The maximum Gasteiger partial charge on any atom is 0.252 e. The van der Waals surface area contributed by atoms with Crippen molar-refractivity contribution >= 4 is 33.4 Å². The van der Waals surface area contributed by atoms with Crippen LogP contribution < -0.4 is 5.32 Å². The number of hydrogen-bond donors (Lipinski definition) is 2. The fourth-order valence-electron chi connectivity index (χ4n) is 1.18. The normalized spacial score (nSPS) is 10.3. The highest BCUT2D eigenvalue weighted by molar-refractivity contribution is 9.10. The van der Waals surface area contributed by atoms with E-state index in [-0.39, 0.29) is 19.1 Å². The molecule has 0 saturated heterocycles. The van der Waals surface area contributed by atoms with E-state index in [9.17, 15) is 4.79 Å². The number of carbonyl (C=O) groups is 1. The third-order valence-corrected chi connectivity index (χ3v) is 3.26. The number of aliphatic hydroxyl groups is 1. The van der Waals surface area contributed by atoms with E-state index in [4.69, 9.17) is 21.4 Å². The molecule has 0 radical (unpaired) electrons. The van der Waals surface area contributed by atoms with Crippen molar-refractivity contribution in [3.05, 3.63) is 33.3 Å². The summed E-state index contributed by atoms with van der Waals surface area (Å²) in [6.07, 6.45) is 0. The van der Waals surface area contributed by atoms with Crippen LogP contribution in [0.2, 0.25) is 5.02 Å². The highest BCUT2D eigenvalue weighted by Crippen LogP contribution is 2.25. The van der Waals surface area contributed by atoms with Crippen LogP contribution >= 0.6 is 27.5 Å². The number of carbonyl (C=O) groups excluding carboxylic acids is 1. The van der Waals surface area contributed by atoms with E-state index in [1.165, 1.54) is 0 Å². The maximum absolute atomic E-state index is 11.7. The van der Waals surface area contributed by atoms with Crippen LogP contribution in [0, 0.1) is 0 Å². The molecule has 94 valence electrons. The minimum atomic E-state index is -0.246. The van der Waals surface area contributed by atoms with Gasteiger partial charge in [-0.05, 0) is 28.1 Å². The van der Waals surface area contributed by atoms with E-state index in [1.54, 1.807) is 18.2 Å². The van der Waals surface area contributed by atoms with Crippen molar-refractivity contribution in [1.29, 1.82) is 0 Å². The first kappa shape index (κ1) is 14.4. The van der Waals surface area contributed by atoms with Gasteiger partial charge in [-0.15, -0.1) is 0 Å². The lowest BCUT2D eigenvalue weighted by Crippen LogP contribution is -2.27. The van der Waals surface area contributed by atoms with Crippen molar-refractivity contribution in [3.63, 3.8) is 0 Å². The Morgan fingerprint density at radius 1 is 1.47 bits per heavy atom. The number of benzene rings is 1. The quantitative estimate of drug-likeness (QED) is 0.786. The van der Waals surface area contributed by atoms with Crippen LogP contribution in [0.5, 0.6) is 0 Å². The molecule has 1 aromatic rings. The number of halogens is 2. The van der Waals surface area contributed by atoms with Gasteiger partial charge in [-0.3, -0.25) is 4.79 Å². The van der Waals surface area contributed by atoms with Crippen LogP contribution in [-0.2, 0) is 4.74 Å². The van der Waals surface area contributed by atoms with Gasteiger partial charge in [0.1, 0.15) is 0 Å². The topological polar surface area (TPSA) is 58.6 Å². The highest BCUT2D eigenvalue weighted by Gasteiger charge is 2.11. The molecule has 0 bridgehead atoms. The van der Waals surface area contributed by atoms with Gasteiger partial charge in [0.15, 0.2) is 0 Å². The summed E-state index contributed by atoms with van der Waals surface area (Å²) in [5, 5.41) is 11.5. The molecule has 17 heavy (non-hydrogen) atoms. The van der Waals surface area contributed by atoms with E-state index >= 15 is 0 Å². The molecule has 4 nitrogen and oxygen atoms in total. The Bertz CT molecular complexity index is 387. The summed E-state index contributed by atoms with van der Waals surface area (Å²) in [5.74, 6) is -0.246. The summed E-state index contributed by atoms with van der Waals surface area (Å²) >= 11 is 9.23. The minimum absolute atomic E-state index is 0.0224. The van der Waals surface area contributed by atoms with E-state index in [1.807, 2.05) is 0 Å². The zero-order valence-electron chi connectivity index (χ0n) is 9.08. The van der Waals surface area contributed by atoms with Gasteiger partial charge in [-0.2, -0.15) is 0 Å². The van der Waals surface area contributed by atoms with Gasteiger partial charge in [-0.25, -0.2) is 0 Å². The van der Waals surface area contributed by atoms with E-state index < -0.39 is 0 Å². The molecule has 0 aliphatic rings. The number of nitrogens with one attached hydrogen (secondary N) is 1. The molecule has 0 aromatic heterocycles. The third-order valence-electron chi connectivity index (χ3n) is 1.96. The molecule has 6 heteroatoms. The Morgan fingerprint density at radius 3 is 2.94 bits per heavy atom. The Morgan fingerprint density at radius 2 is 2.24 bits per heavy atom. The second-order valence-corrected chi connectivity index (χ2v) is 4.43. The van der Waals surface area contributed by atoms with Gasteiger partial charge in [-0.1, -0.05) is 17.7 Å². The molecule has 1 aromatic carbocycles. The molecular weight excluding hydrogens is 309 g/mol. The average molecular weight is 323 g/mol. The predicted octanol–water partition coefficient (Wildman–Crippen LogP) is 1.84. The lowest BCUT2D eigenvalue weighted by Gasteiger charge is -2.07. The summed E-state index contributed by atoms with van der Waals surface area (Å²) < 4.78 is 5.70. The van der Waals surface area contributed by atoms with Gasteiger partial charge >= 0.3 is 0 Å². The first-order valence-electron chi connectivity index (χ1n) is 5.07. The molecule has 0 aliphatic carbocycles. The molecule has 2 N–H and O–H groups in total. The first-order valence-corrected chi connectivity index (χ1v) is 6.24. The number of ether oxygens (including phenoxy) is 1. The summed E-state index contributed by atoms with van der Waals surface area (Å²) in [4.78, 5) is 11.7. The highest BCUT2D eigenvalue weighted by atomic mass is 79.9. The minimum Gasteiger partial charge on any atom is -0.394 e. The third kappa shape index (κ3) is 4.63. The zero-order valence-corrected chi connectivity index (χ0v) is 11.4. The van der Waals surface area contributed by atoms with Crippen LogP contribution in [0.1, 0.15) is 10.4 Å². The van der Waals surface area contributed by atoms with Crippen molar-refractivity contribution in [2.75, 3.05) is 26.4 Å². The van der Waals surface area contributed by atoms with Crippen molar-refractivity contribution in [1.82, 2.24) is 5.32 Å². The molecule has 0 heterocycles. The Hall–Kier alpha value is -0.620. The molecule has 0 atom stereocenters. The van der Waals surface area contributed by atoms with Crippen LogP contribution in [0.3, 0.4) is 0 Å². The van der Waals surface area contributed by atoms with E-state index in [0.717, 1.165) is 0 Å². The fourth-order valence-corrected chi connectivity index (χ4v) is 1.76. The molecule has 1 amide bonds. The summed E-state index contributed by atoms with van der Waals surface area (Å²) in [6.45, 7) is 0.985. The molecular formula is C11H13BrClNO3. The maximum atomic E-state index is 11.7. The predicted molar refractivity (Wildman–Crippen MR) is 69.4 cm³/mol. The zero-order chi connectivity index (χ0) is 12.7. The SMILES string of the molecule is O=C(NCCOCCO)c1cccc(Br)c1Cl. The van der Waals surface area contributed by atoms with E-state index in [0.29, 0.717) is 28.2 Å². The van der Waals surface area contributed by atoms with Crippen LogP contribution in [-0.4, -0.2) is 37.4 Å². The van der Waals surface area contributed by atoms with E-state index in [2.05, 4.69) is 21.2 Å². The second-order valence-electron chi connectivity index (χ2n) is 3.19. The number of amides is 1. The van der Waals surface area contributed by atoms with Crippen molar-refractivity contribution < 1.29 is 14.6 Å². The first-order chi connectivity index (χ1) is 8.16. The molecule has 0 fully saturated rings. The molecule has 0 unspecified atom stereocenters. The van der Waals surface area contributed by atoms with Gasteiger partial charge in [0.2, 0.25) is 0 Å². The van der Waals surface area contributed by atoms with Gasteiger partial charge < -0.3 is 15.2 Å². The number of aliphatic hydroxyl groups excluding tert-OH is 1. The van der Waals surface area contributed by atoms with Crippen LogP contribution in [0.4, 0.5) is 0 Å². The largest absolute Gasteiger partial charge is 0.394 e. The lowest BCUT2D eigenvalue weighted by molar-refractivity contribution is 0.0838. The average Bonchev–Trinajstić information content (AvgIpc) is 2.32. The molecule has 0 aliphatic heterocycles. The van der Waals surface area contributed by atoms with Crippen LogP contribution in [0.15, 0.2) is 22.7 Å². The monoisotopic (exact) mass is 321 g/mol. The van der Waals surface area contributed by atoms with Crippen molar-refractivity contribution in [2.45, 2.75) is 0 Å². The summed E-state index contributed by atoms with van der Waals surface area (Å²) in [7, 11) is 0. The van der Waals surface area contributed by atoms with Gasteiger partial charge in [0, 0.05) is 11.0 Å². The molecule has 1 rings (SSSR count). The van der Waals surface area contributed by atoms with Crippen molar-refractivity contribution in [3.8, 4) is 0 Å². The summed E-state index contributed by atoms with van der Waals surface area (Å²) in [5.41, 5.74) is 0.420. The van der Waals surface area contributed by atoms with Crippen molar-refractivity contribution in [2.24, 2.45) is 0 Å². The van der Waals surface area contributed by atoms with Crippen LogP contribution in [0.25, 0.3) is 0 Å². The second kappa shape index (κ2) is 7.66. The number of hydrogen-bond acceptors (Lipinski definition) is 3. The summed E-state index contributed by atoms with van der Waals surface area (Å²) in [6, 6.07) is 5.16. The van der Waals surface area contributed by atoms with Gasteiger partial charge in [0.05, 0.1) is 30.4 Å². The Labute approximate surface area is 113 Å². The molecule has 0 spiro atoms. The Kier molecular flexibility index (Phi) is 6.50. The Balaban J connectivity index is 2.44. The van der Waals surface area contributed by atoms with Gasteiger partial charge in [0.25, 0.3) is 5.91 Å². The number of rotatable bonds is 6. The fraction of sp³-hybridized carbons (Fsp3) is 0.364. The lowest BCUT2D eigenvalue weighted by atomic mass is 10.2. The smallest absolute Gasteiger partial charge is 0.252 e.